The number of hydrogen-bond acceptors (Lipinski definition) is 3. The van der Waals surface area contributed by atoms with Crippen LogP contribution >= 0.6 is 50.9 Å². The van der Waals surface area contributed by atoms with Gasteiger partial charge >= 0.3 is 0 Å². The minimum Gasteiger partial charge on any atom is -0.352 e. The molecule has 0 radical (unpaired) electrons. The molecule has 0 unspecified atom stereocenters. The highest BCUT2D eigenvalue weighted by atomic mass is 79.9. The molecule has 4 rings (SSSR count). The molecule has 1 aliphatic carbocycles. The van der Waals surface area contributed by atoms with E-state index in [1.807, 2.05) is 66.7 Å². The molecule has 0 heterocycles. The Morgan fingerprint density at radius 3 is 2.28 bits per heavy atom. The van der Waals surface area contributed by atoms with Crippen LogP contribution in [0.1, 0.15) is 48.8 Å². The van der Waals surface area contributed by atoms with E-state index in [0.717, 1.165) is 46.8 Å². The predicted molar refractivity (Wildman–Crippen MR) is 166 cm³/mol. The average Bonchev–Trinajstić information content (AvgIpc) is 2.94. The van der Waals surface area contributed by atoms with Crippen molar-refractivity contribution in [3.8, 4) is 0 Å². The Balaban J connectivity index is 1.55. The number of hydrogen-bond donors (Lipinski definition) is 1. The topological polar surface area (TPSA) is 49.4 Å². The van der Waals surface area contributed by atoms with E-state index in [9.17, 15) is 9.59 Å². The van der Waals surface area contributed by atoms with Crippen molar-refractivity contribution in [1.82, 2.24) is 10.2 Å². The van der Waals surface area contributed by atoms with Gasteiger partial charge in [-0.3, -0.25) is 9.59 Å². The third-order valence-electron chi connectivity index (χ3n) is 6.97. The molecule has 1 saturated carbocycles. The number of carbonyl (C=O) groups excluding carboxylic acids is 2. The van der Waals surface area contributed by atoms with Crippen LogP contribution in [0.4, 0.5) is 0 Å². The summed E-state index contributed by atoms with van der Waals surface area (Å²) in [6, 6.07) is 22.9. The molecule has 0 aromatic heterocycles. The highest BCUT2D eigenvalue weighted by Crippen LogP contribution is 2.26. The molecular weight excluding hydrogens is 615 g/mol. The lowest BCUT2D eigenvalue weighted by molar-refractivity contribution is -0.139. The van der Waals surface area contributed by atoms with E-state index >= 15 is 0 Å². The largest absolute Gasteiger partial charge is 0.352 e. The van der Waals surface area contributed by atoms with Crippen molar-refractivity contribution in [3.05, 3.63) is 104 Å². The van der Waals surface area contributed by atoms with E-state index in [4.69, 9.17) is 23.2 Å². The van der Waals surface area contributed by atoms with E-state index in [2.05, 4.69) is 21.2 Å². The first-order valence-corrected chi connectivity index (χ1v) is 16.0. The summed E-state index contributed by atoms with van der Waals surface area (Å²) in [6.45, 7) is 0.356. The monoisotopic (exact) mass is 646 g/mol. The second-order valence-electron chi connectivity index (χ2n) is 9.94. The van der Waals surface area contributed by atoms with Gasteiger partial charge in [0.25, 0.3) is 0 Å². The van der Waals surface area contributed by atoms with Gasteiger partial charge in [-0.25, -0.2) is 0 Å². The first-order valence-electron chi connectivity index (χ1n) is 13.3. The van der Waals surface area contributed by atoms with Crippen LogP contribution < -0.4 is 5.32 Å². The lowest BCUT2D eigenvalue weighted by Gasteiger charge is -2.33. The van der Waals surface area contributed by atoms with E-state index in [-0.39, 0.29) is 23.6 Å². The highest BCUT2D eigenvalue weighted by Gasteiger charge is 2.31. The van der Waals surface area contributed by atoms with Gasteiger partial charge in [0.2, 0.25) is 11.8 Å². The molecule has 1 fully saturated rings. The van der Waals surface area contributed by atoms with Crippen LogP contribution in [-0.4, -0.2) is 34.6 Å². The van der Waals surface area contributed by atoms with Gasteiger partial charge in [0, 0.05) is 29.2 Å². The average molecular weight is 648 g/mol. The van der Waals surface area contributed by atoms with Crippen molar-refractivity contribution in [1.29, 1.82) is 0 Å². The molecule has 39 heavy (non-hydrogen) atoms. The molecule has 2 amide bonds. The van der Waals surface area contributed by atoms with Crippen molar-refractivity contribution in [2.24, 2.45) is 0 Å². The first kappa shape index (κ1) is 30.0. The van der Waals surface area contributed by atoms with Crippen LogP contribution in [0.2, 0.25) is 10.0 Å². The molecule has 1 atom stereocenters. The summed E-state index contributed by atoms with van der Waals surface area (Å²) in [5, 5.41) is 4.30. The van der Waals surface area contributed by atoms with Gasteiger partial charge in [-0.1, -0.05) is 107 Å². The summed E-state index contributed by atoms with van der Waals surface area (Å²) in [5.41, 5.74) is 3.00. The van der Waals surface area contributed by atoms with E-state index in [0.29, 0.717) is 28.8 Å². The third-order valence-corrected chi connectivity index (χ3v) is 9.22. The highest BCUT2D eigenvalue weighted by molar-refractivity contribution is 9.10. The van der Waals surface area contributed by atoms with Crippen LogP contribution in [0.3, 0.4) is 0 Å². The number of halogens is 3. The number of benzene rings is 3. The molecule has 8 heteroatoms. The molecule has 0 bridgehead atoms. The lowest BCUT2D eigenvalue weighted by Crippen LogP contribution is -2.53. The van der Waals surface area contributed by atoms with Crippen molar-refractivity contribution < 1.29 is 9.59 Å². The molecule has 0 spiro atoms. The molecule has 3 aromatic rings. The fraction of sp³-hybridized carbons (Fsp3) is 0.355. The maximum atomic E-state index is 13.8. The molecule has 0 aliphatic heterocycles. The van der Waals surface area contributed by atoms with E-state index < -0.39 is 6.04 Å². The van der Waals surface area contributed by atoms with Crippen LogP contribution in [0, 0.1) is 0 Å². The predicted octanol–water partition coefficient (Wildman–Crippen LogP) is 8.08. The maximum Gasteiger partial charge on any atom is 0.243 e. The second kappa shape index (κ2) is 15.1. The van der Waals surface area contributed by atoms with E-state index in [1.165, 1.54) is 18.2 Å². The number of amides is 2. The Morgan fingerprint density at radius 1 is 0.897 bits per heavy atom. The maximum absolute atomic E-state index is 13.8. The first-order chi connectivity index (χ1) is 18.9. The molecule has 4 nitrogen and oxygen atoms in total. The van der Waals surface area contributed by atoms with Crippen LogP contribution in [-0.2, 0) is 28.3 Å². The molecule has 1 N–H and O–H groups in total. The summed E-state index contributed by atoms with van der Waals surface area (Å²) in [7, 11) is 0. The smallest absolute Gasteiger partial charge is 0.243 e. The Labute approximate surface area is 254 Å². The summed E-state index contributed by atoms with van der Waals surface area (Å²) in [4.78, 5) is 29.4. The minimum absolute atomic E-state index is 0.0669. The fourth-order valence-electron chi connectivity index (χ4n) is 4.85. The van der Waals surface area contributed by atoms with Crippen LogP contribution in [0.5, 0.6) is 0 Å². The summed E-state index contributed by atoms with van der Waals surface area (Å²) in [5.74, 6) is 0.721. The van der Waals surface area contributed by atoms with Crippen molar-refractivity contribution >= 4 is 62.7 Å². The Bertz CT molecular complexity index is 1240. The molecule has 1 aliphatic rings. The zero-order valence-corrected chi connectivity index (χ0v) is 25.7. The normalized spacial score (nSPS) is 14.5. The van der Waals surface area contributed by atoms with Crippen LogP contribution in [0.25, 0.3) is 0 Å². The quantitative estimate of drug-likeness (QED) is 0.229. The molecule has 0 saturated heterocycles. The Kier molecular flexibility index (Phi) is 11.6. The van der Waals surface area contributed by atoms with Crippen molar-refractivity contribution in [2.45, 2.75) is 62.9 Å². The Hall–Kier alpha value is -1.99. The summed E-state index contributed by atoms with van der Waals surface area (Å²) < 4.78 is 0.970. The zero-order chi connectivity index (χ0) is 27.6. The minimum atomic E-state index is -0.615. The van der Waals surface area contributed by atoms with Gasteiger partial charge in [-0.05, 0) is 53.8 Å². The second-order valence-corrected chi connectivity index (χ2v) is 12.7. The number of nitrogens with one attached hydrogen (secondary N) is 1. The molecule has 206 valence electrons. The van der Waals surface area contributed by atoms with Crippen molar-refractivity contribution in [3.63, 3.8) is 0 Å². The zero-order valence-electron chi connectivity index (χ0n) is 21.8. The van der Waals surface area contributed by atoms with Gasteiger partial charge in [0.1, 0.15) is 6.04 Å². The fourth-order valence-corrected chi connectivity index (χ4v) is 6.30. The summed E-state index contributed by atoms with van der Waals surface area (Å²) >= 11 is 17.2. The standard InChI is InChI=1S/C31H33BrCl2N2O2S/c32-25-14-11-23(12-15-25)19-36(30(37)21-39-20-24-13-16-27(33)28(34)17-24)29(18-22-7-3-1-4-8-22)31(38)35-26-9-5-2-6-10-26/h1,3-4,7-8,11-17,26,29H,2,5-6,9-10,18-21H2,(H,35,38)/t29-/m0/s1. The number of carbonyl (C=O) groups is 2. The SMILES string of the molecule is O=C(NC1CCCCC1)[C@H](Cc1ccccc1)N(Cc1ccc(Br)cc1)C(=O)CSCc1ccc(Cl)c(Cl)c1. The van der Waals surface area contributed by atoms with Gasteiger partial charge in [-0.2, -0.15) is 0 Å². The summed E-state index contributed by atoms with van der Waals surface area (Å²) in [6.07, 6.45) is 5.90. The third kappa shape index (κ3) is 9.28. The van der Waals surface area contributed by atoms with Crippen LogP contribution in [0.15, 0.2) is 77.3 Å². The number of nitrogens with zero attached hydrogens (tertiary/aromatic N) is 1. The van der Waals surface area contributed by atoms with Gasteiger partial charge < -0.3 is 10.2 Å². The Morgan fingerprint density at radius 2 is 1.59 bits per heavy atom. The van der Waals surface area contributed by atoms with Gasteiger partial charge in [0.05, 0.1) is 15.8 Å². The number of thioether (sulfide) groups is 1. The molecular formula is C31H33BrCl2N2O2S. The lowest BCUT2D eigenvalue weighted by atomic mass is 9.94. The van der Waals surface area contributed by atoms with Crippen molar-refractivity contribution in [2.75, 3.05) is 5.75 Å². The van der Waals surface area contributed by atoms with Gasteiger partial charge in [0.15, 0.2) is 0 Å². The van der Waals surface area contributed by atoms with E-state index in [1.54, 1.807) is 11.0 Å². The van der Waals surface area contributed by atoms with Gasteiger partial charge in [-0.15, -0.1) is 11.8 Å². The molecule has 3 aromatic carbocycles. The number of rotatable bonds is 11.